The lowest BCUT2D eigenvalue weighted by molar-refractivity contribution is -0.0390. The molecule has 3 heterocycles. The Labute approximate surface area is 190 Å². The maximum atomic E-state index is 12.3. The molecule has 0 radical (unpaired) electrons. The van der Waals surface area contributed by atoms with E-state index >= 15 is 0 Å². The summed E-state index contributed by atoms with van der Waals surface area (Å²) in [5.41, 5.74) is 1.64. The molecule has 1 aliphatic carbocycles. The van der Waals surface area contributed by atoms with Crippen LogP contribution in [0.1, 0.15) is 38.6 Å². The number of halogens is 1. The van der Waals surface area contributed by atoms with Crippen molar-refractivity contribution in [3.05, 3.63) is 47.5 Å². The minimum absolute atomic E-state index is 0.0337. The van der Waals surface area contributed by atoms with Gasteiger partial charge in [-0.15, -0.1) is 0 Å². The Balaban J connectivity index is 1.61. The van der Waals surface area contributed by atoms with Gasteiger partial charge in [0.15, 0.2) is 14.9 Å². The summed E-state index contributed by atoms with van der Waals surface area (Å²) in [5, 5.41) is 16.0. The highest BCUT2D eigenvalue weighted by atomic mass is 35.5. The number of hydrogen-bond donors (Lipinski definition) is 1. The van der Waals surface area contributed by atoms with Gasteiger partial charge in [0, 0.05) is 28.9 Å². The van der Waals surface area contributed by atoms with Crippen LogP contribution < -0.4 is 0 Å². The molecular weight excluding hydrogens is 450 g/mol. The Bertz CT molecular complexity index is 1450. The van der Waals surface area contributed by atoms with Gasteiger partial charge in [-0.1, -0.05) is 11.6 Å². The summed E-state index contributed by atoms with van der Waals surface area (Å²) in [5.74, 6) is 0.964. The molecule has 32 heavy (non-hydrogen) atoms. The van der Waals surface area contributed by atoms with E-state index in [0.717, 1.165) is 36.0 Å². The molecule has 3 aromatic heterocycles. The van der Waals surface area contributed by atoms with E-state index in [4.69, 9.17) is 16.6 Å². The number of nitrogens with zero attached hydrogens (tertiary/aromatic N) is 5. The van der Waals surface area contributed by atoms with Gasteiger partial charge in [0.2, 0.25) is 0 Å². The molecule has 10 heteroatoms. The standard InChI is InChI=1S/C22H24ClN5O3S/c1-22(2,29)13-8-15(9-13)28-18-5-4-14(23)10-17(18)25-20(28)12-27-19-11-24-7-6-16(19)21(26-27)32(3,30)31/h4-7,10-11,13,15,29H,8-9,12H2,1-3H3/t13-,15-. The topological polar surface area (TPSA) is 103 Å². The second-order valence-corrected chi connectivity index (χ2v) is 11.5. The summed E-state index contributed by atoms with van der Waals surface area (Å²) < 4.78 is 28.4. The van der Waals surface area contributed by atoms with Crippen LogP contribution in [0.3, 0.4) is 0 Å². The molecule has 168 valence electrons. The number of sulfone groups is 1. The maximum absolute atomic E-state index is 12.3. The van der Waals surface area contributed by atoms with Crippen LogP contribution in [0.4, 0.5) is 0 Å². The predicted molar refractivity (Wildman–Crippen MR) is 123 cm³/mol. The van der Waals surface area contributed by atoms with Crippen molar-refractivity contribution < 1.29 is 13.5 Å². The van der Waals surface area contributed by atoms with Crippen LogP contribution >= 0.6 is 11.6 Å². The summed E-state index contributed by atoms with van der Waals surface area (Å²) >= 11 is 6.21. The molecule has 1 aromatic carbocycles. The molecule has 1 fully saturated rings. The fourth-order valence-electron chi connectivity index (χ4n) is 4.53. The number of rotatable bonds is 5. The van der Waals surface area contributed by atoms with Gasteiger partial charge >= 0.3 is 0 Å². The Kier molecular flexibility index (Phi) is 4.85. The lowest BCUT2D eigenvalue weighted by Crippen LogP contribution is -2.41. The zero-order chi connectivity index (χ0) is 22.8. The van der Waals surface area contributed by atoms with Gasteiger partial charge in [-0.2, -0.15) is 5.10 Å². The van der Waals surface area contributed by atoms with Crippen LogP contribution in [0, 0.1) is 5.92 Å². The molecule has 4 aromatic rings. The average molecular weight is 474 g/mol. The second kappa shape index (κ2) is 7.26. The van der Waals surface area contributed by atoms with Crippen LogP contribution in [0.5, 0.6) is 0 Å². The van der Waals surface area contributed by atoms with Crippen LogP contribution in [-0.4, -0.2) is 49.7 Å². The number of hydrogen-bond acceptors (Lipinski definition) is 6. The van der Waals surface area contributed by atoms with Gasteiger partial charge in [-0.05, 0) is 56.9 Å². The maximum Gasteiger partial charge on any atom is 0.195 e. The van der Waals surface area contributed by atoms with Gasteiger partial charge in [0.1, 0.15) is 5.82 Å². The monoisotopic (exact) mass is 473 g/mol. The quantitative estimate of drug-likeness (QED) is 0.475. The first-order chi connectivity index (χ1) is 15.0. The lowest BCUT2D eigenvalue weighted by atomic mass is 9.71. The molecule has 8 nitrogen and oxygen atoms in total. The van der Waals surface area contributed by atoms with Gasteiger partial charge in [0.05, 0.1) is 34.9 Å². The largest absolute Gasteiger partial charge is 0.390 e. The molecule has 0 amide bonds. The average Bonchev–Trinajstić information content (AvgIpc) is 3.18. The van der Waals surface area contributed by atoms with Crippen molar-refractivity contribution in [2.75, 3.05) is 6.26 Å². The van der Waals surface area contributed by atoms with Gasteiger partial charge in [-0.25, -0.2) is 13.4 Å². The first-order valence-corrected chi connectivity index (χ1v) is 12.7. The number of aromatic nitrogens is 5. The third-order valence-corrected chi connectivity index (χ3v) is 7.60. The van der Waals surface area contributed by atoms with Gasteiger partial charge < -0.3 is 9.67 Å². The van der Waals surface area contributed by atoms with E-state index in [2.05, 4.69) is 14.6 Å². The van der Waals surface area contributed by atoms with E-state index in [1.165, 1.54) is 0 Å². The molecule has 0 spiro atoms. The van der Waals surface area contributed by atoms with Crippen molar-refractivity contribution >= 4 is 43.4 Å². The summed E-state index contributed by atoms with van der Waals surface area (Å²) in [6.07, 6.45) is 6.00. The fraction of sp³-hybridized carbons (Fsp3) is 0.409. The van der Waals surface area contributed by atoms with E-state index in [1.807, 2.05) is 32.0 Å². The number of imidazole rings is 1. The van der Waals surface area contributed by atoms with Crippen molar-refractivity contribution in [3.63, 3.8) is 0 Å². The first kappa shape index (κ1) is 21.4. The van der Waals surface area contributed by atoms with Gasteiger partial charge in [-0.3, -0.25) is 9.67 Å². The summed E-state index contributed by atoms with van der Waals surface area (Å²) in [4.78, 5) is 8.98. The summed E-state index contributed by atoms with van der Waals surface area (Å²) in [6, 6.07) is 7.47. The van der Waals surface area contributed by atoms with E-state index in [9.17, 15) is 13.5 Å². The molecule has 1 aliphatic rings. The Morgan fingerprint density at radius 2 is 1.97 bits per heavy atom. The third-order valence-electron chi connectivity index (χ3n) is 6.36. The van der Waals surface area contributed by atoms with Crippen molar-refractivity contribution in [1.29, 1.82) is 0 Å². The zero-order valence-electron chi connectivity index (χ0n) is 18.0. The van der Waals surface area contributed by atoms with Crippen LogP contribution in [-0.2, 0) is 16.4 Å². The number of benzene rings is 1. The predicted octanol–water partition coefficient (Wildman–Crippen LogP) is 3.61. The lowest BCUT2D eigenvalue weighted by Gasteiger charge is -2.43. The number of pyridine rings is 1. The molecule has 0 saturated heterocycles. The summed E-state index contributed by atoms with van der Waals surface area (Å²) in [6.45, 7) is 3.97. The molecular formula is C22H24ClN5O3S. The molecule has 5 rings (SSSR count). The smallest absolute Gasteiger partial charge is 0.195 e. The minimum atomic E-state index is -3.51. The Morgan fingerprint density at radius 1 is 1.22 bits per heavy atom. The number of fused-ring (bicyclic) bond motifs is 2. The van der Waals surface area contributed by atoms with Gasteiger partial charge in [0.25, 0.3) is 0 Å². The zero-order valence-corrected chi connectivity index (χ0v) is 19.6. The molecule has 0 atom stereocenters. The minimum Gasteiger partial charge on any atom is -0.390 e. The molecule has 0 bridgehead atoms. The van der Waals surface area contributed by atoms with Crippen LogP contribution in [0.25, 0.3) is 21.9 Å². The number of aliphatic hydroxyl groups is 1. The second-order valence-electron chi connectivity index (χ2n) is 9.13. The van der Waals surface area contributed by atoms with Crippen LogP contribution in [0.2, 0.25) is 5.02 Å². The van der Waals surface area contributed by atoms with E-state index in [-0.39, 0.29) is 23.5 Å². The normalized spacial score (nSPS) is 19.5. The van der Waals surface area contributed by atoms with E-state index in [0.29, 0.717) is 15.9 Å². The van der Waals surface area contributed by atoms with Crippen molar-refractivity contribution in [2.45, 2.75) is 49.9 Å². The highest BCUT2D eigenvalue weighted by Gasteiger charge is 2.41. The fourth-order valence-corrected chi connectivity index (χ4v) is 5.52. The summed E-state index contributed by atoms with van der Waals surface area (Å²) in [7, 11) is -3.51. The molecule has 0 aliphatic heterocycles. The van der Waals surface area contributed by atoms with E-state index < -0.39 is 15.4 Å². The van der Waals surface area contributed by atoms with Crippen molar-refractivity contribution in [1.82, 2.24) is 24.3 Å². The first-order valence-electron chi connectivity index (χ1n) is 10.4. The third kappa shape index (κ3) is 3.58. The molecule has 1 saturated carbocycles. The molecule has 1 N–H and O–H groups in total. The highest BCUT2D eigenvalue weighted by molar-refractivity contribution is 7.90. The van der Waals surface area contributed by atoms with E-state index in [1.54, 1.807) is 23.1 Å². The van der Waals surface area contributed by atoms with Crippen molar-refractivity contribution in [3.8, 4) is 0 Å². The highest BCUT2D eigenvalue weighted by Crippen LogP contribution is 2.45. The van der Waals surface area contributed by atoms with Crippen LogP contribution in [0.15, 0.2) is 41.7 Å². The SMILES string of the molecule is CC(C)(O)[C@H]1C[C@H](n2c(Cn3nc(S(C)(=O)=O)c4ccncc43)nc3cc(Cl)ccc32)C1. The Hall–Kier alpha value is -2.49. The Morgan fingerprint density at radius 3 is 2.66 bits per heavy atom. The van der Waals surface area contributed by atoms with Crippen molar-refractivity contribution in [2.24, 2.45) is 5.92 Å². The molecule has 0 unspecified atom stereocenters.